The lowest BCUT2D eigenvalue weighted by atomic mass is 10.0. The molecule has 0 aliphatic heterocycles. The van der Waals surface area contributed by atoms with E-state index in [1.54, 1.807) is 0 Å². The van der Waals surface area contributed by atoms with Crippen LogP contribution in [0.1, 0.15) is 37.6 Å². The summed E-state index contributed by atoms with van der Waals surface area (Å²) in [6.45, 7) is 6.10. The fourth-order valence-electron chi connectivity index (χ4n) is 2.00. The normalized spacial score (nSPS) is 12.2. The fourth-order valence-corrected chi connectivity index (χ4v) is 2.00. The number of nitro benzene ring substituents is 1. The molecule has 1 atom stereocenters. The summed E-state index contributed by atoms with van der Waals surface area (Å²) in [5, 5.41) is 14.0. The number of hydrogen-bond donors (Lipinski definition) is 2. The molecule has 0 radical (unpaired) electrons. The number of carbonyl (C=O) groups is 1. The van der Waals surface area contributed by atoms with E-state index in [1.807, 2.05) is 6.92 Å². The zero-order valence-electron chi connectivity index (χ0n) is 11.3. The molecule has 1 rings (SSSR count). The second-order valence-corrected chi connectivity index (χ2v) is 5.03. The molecule has 0 aromatic heterocycles. The summed E-state index contributed by atoms with van der Waals surface area (Å²) >= 11 is 0. The number of carbonyl (C=O) groups excluding carboxylic acids is 1. The third-order valence-corrected chi connectivity index (χ3v) is 2.70. The van der Waals surface area contributed by atoms with E-state index in [2.05, 4.69) is 19.2 Å². The van der Waals surface area contributed by atoms with E-state index in [-0.39, 0.29) is 17.3 Å². The zero-order chi connectivity index (χ0) is 14.6. The second-order valence-electron chi connectivity index (χ2n) is 5.03. The average molecular weight is 265 g/mol. The van der Waals surface area contributed by atoms with Crippen LogP contribution in [0.5, 0.6) is 0 Å². The van der Waals surface area contributed by atoms with E-state index >= 15 is 0 Å². The molecule has 0 aliphatic carbocycles. The standard InChI is InChI=1S/C13H19N3O3/c1-8(2)6-9(3)15-11-7-10(13(14)17)4-5-12(11)16(18)19/h4-5,7-9,15H,6H2,1-3H3,(H2,14,17). The van der Waals surface area contributed by atoms with Gasteiger partial charge in [-0.2, -0.15) is 0 Å². The van der Waals surface area contributed by atoms with E-state index in [9.17, 15) is 14.9 Å². The quantitative estimate of drug-likeness (QED) is 0.610. The van der Waals surface area contributed by atoms with Gasteiger partial charge in [0.15, 0.2) is 0 Å². The number of primary amides is 1. The molecule has 0 saturated heterocycles. The molecule has 3 N–H and O–H groups in total. The van der Waals surface area contributed by atoms with Gasteiger partial charge in [0.1, 0.15) is 5.69 Å². The van der Waals surface area contributed by atoms with Gasteiger partial charge in [0, 0.05) is 17.7 Å². The molecule has 6 heteroatoms. The Balaban J connectivity index is 3.04. The van der Waals surface area contributed by atoms with Crippen LogP contribution in [0.2, 0.25) is 0 Å². The number of nitrogens with zero attached hydrogens (tertiary/aromatic N) is 1. The van der Waals surface area contributed by atoms with Gasteiger partial charge in [-0.3, -0.25) is 14.9 Å². The highest BCUT2D eigenvalue weighted by molar-refractivity contribution is 5.94. The Labute approximate surface area is 112 Å². The minimum atomic E-state index is -0.602. The molecule has 0 heterocycles. The minimum absolute atomic E-state index is 0.0550. The van der Waals surface area contributed by atoms with Gasteiger partial charge < -0.3 is 11.1 Å². The Kier molecular flexibility index (Phi) is 4.86. The molecule has 1 aromatic rings. The molecule has 0 saturated carbocycles. The summed E-state index contributed by atoms with van der Waals surface area (Å²) in [5.41, 5.74) is 5.71. The lowest BCUT2D eigenvalue weighted by Crippen LogP contribution is -2.19. The van der Waals surface area contributed by atoms with Gasteiger partial charge >= 0.3 is 0 Å². The highest BCUT2D eigenvalue weighted by atomic mass is 16.6. The summed E-state index contributed by atoms with van der Waals surface area (Å²) in [6, 6.07) is 4.16. The number of benzene rings is 1. The average Bonchev–Trinajstić information content (AvgIpc) is 2.26. The summed E-state index contributed by atoms with van der Waals surface area (Å²) in [5.74, 6) is -0.129. The summed E-state index contributed by atoms with van der Waals surface area (Å²) in [4.78, 5) is 21.6. The van der Waals surface area contributed by atoms with Crippen LogP contribution in [-0.4, -0.2) is 16.9 Å². The smallest absolute Gasteiger partial charge is 0.292 e. The van der Waals surface area contributed by atoms with Crippen molar-refractivity contribution in [3.8, 4) is 0 Å². The lowest BCUT2D eigenvalue weighted by molar-refractivity contribution is -0.384. The highest BCUT2D eigenvalue weighted by Crippen LogP contribution is 2.26. The molecule has 1 unspecified atom stereocenters. The molecule has 0 bridgehead atoms. The monoisotopic (exact) mass is 265 g/mol. The Morgan fingerprint density at radius 1 is 1.42 bits per heavy atom. The van der Waals surface area contributed by atoms with Crippen molar-refractivity contribution in [2.24, 2.45) is 11.7 Å². The molecule has 0 fully saturated rings. The highest BCUT2D eigenvalue weighted by Gasteiger charge is 2.17. The van der Waals surface area contributed by atoms with Crippen molar-refractivity contribution < 1.29 is 9.72 Å². The van der Waals surface area contributed by atoms with Gasteiger partial charge in [0.05, 0.1) is 4.92 Å². The Morgan fingerprint density at radius 3 is 2.53 bits per heavy atom. The van der Waals surface area contributed by atoms with Crippen molar-refractivity contribution >= 4 is 17.3 Å². The Hall–Kier alpha value is -2.11. The van der Waals surface area contributed by atoms with Crippen molar-refractivity contribution in [1.82, 2.24) is 0 Å². The predicted molar refractivity (Wildman–Crippen MR) is 74.2 cm³/mol. The lowest BCUT2D eigenvalue weighted by Gasteiger charge is -2.17. The van der Waals surface area contributed by atoms with Crippen LogP contribution in [0, 0.1) is 16.0 Å². The molecule has 1 amide bonds. The van der Waals surface area contributed by atoms with E-state index < -0.39 is 10.8 Å². The van der Waals surface area contributed by atoms with E-state index in [0.717, 1.165) is 6.42 Å². The molecular formula is C13H19N3O3. The molecule has 1 aromatic carbocycles. The summed E-state index contributed by atoms with van der Waals surface area (Å²) in [6.07, 6.45) is 0.873. The van der Waals surface area contributed by atoms with Gasteiger partial charge in [0.25, 0.3) is 5.69 Å². The van der Waals surface area contributed by atoms with Gasteiger partial charge in [-0.1, -0.05) is 13.8 Å². The largest absolute Gasteiger partial charge is 0.377 e. The summed E-state index contributed by atoms with van der Waals surface area (Å²) < 4.78 is 0. The van der Waals surface area contributed by atoms with E-state index in [4.69, 9.17) is 5.73 Å². The van der Waals surface area contributed by atoms with Crippen molar-refractivity contribution in [1.29, 1.82) is 0 Å². The number of rotatable bonds is 6. The molecular weight excluding hydrogens is 246 g/mol. The predicted octanol–water partition coefficient (Wildman–Crippen LogP) is 2.54. The number of nitro groups is 1. The molecule has 19 heavy (non-hydrogen) atoms. The maximum absolute atomic E-state index is 11.1. The molecule has 6 nitrogen and oxygen atoms in total. The van der Waals surface area contributed by atoms with Crippen molar-refractivity contribution in [2.45, 2.75) is 33.2 Å². The van der Waals surface area contributed by atoms with E-state index in [1.165, 1.54) is 18.2 Å². The van der Waals surface area contributed by atoms with Gasteiger partial charge in [0.2, 0.25) is 5.91 Å². The van der Waals surface area contributed by atoms with Crippen LogP contribution < -0.4 is 11.1 Å². The zero-order valence-corrected chi connectivity index (χ0v) is 11.3. The van der Waals surface area contributed by atoms with E-state index in [0.29, 0.717) is 11.6 Å². The number of amides is 1. The third kappa shape index (κ3) is 4.24. The number of anilines is 1. The van der Waals surface area contributed by atoms with Gasteiger partial charge in [-0.05, 0) is 31.4 Å². The Bertz CT molecular complexity index is 486. The fraction of sp³-hybridized carbons (Fsp3) is 0.462. The number of nitrogens with two attached hydrogens (primary N) is 1. The van der Waals surface area contributed by atoms with Crippen LogP contribution in [0.15, 0.2) is 18.2 Å². The first-order chi connectivity index (χ1) is 8.81. The number of nitrogens with one attached hydrogen (secondary N) is 1. The first kappa shape index (κ1) is 14.9. The van der Waals surface area contributed by atoms with Crippen LogP contribution in [-0.2, 0) is 0 Å². The maximum atomic E-state index is 11.1. The molecule has 0 aliphatic rings. The van der Waals surface area contributed by atoms with Crippen molar-refractivity contribution in [3.05, 3.63) is 33.9 Å². The minimum Gasteiger partial charge on any atom is -0.377 e. The topological polar surface area (TPSA) is 98.3 Å². The van der Waals surface area contributed by atoms with Gasteiger partial charge in [-0.25, -0.2) is 0 Å². The van der Waals surface area contributed by atoms with Gasteiger partial charge in [-0.15, -0.1) is 0 Å². The Morgan fingerprint density at radius 2 is 2.05 bits per heavy atom. The maximum Gasteiger partial charge on any atom is 0.292 e. The van der Waals surface area contributed by atoms with Crippen LogP contribution in [0.4, 0.5) is 11.4 Å². The van der Waals surface area contributed by atoms with Crippen LogP contribution >= 0.6 is 0 Å². The van der Waals surface area contributed by atoms with Crippen molar-refractivity contribution in [3.63, 3.8) is 0 Å². The SMILES string of the molecule is CC(C)CC(C)Nc1cc(C(N)=O)ccc1[N+](=O)[O-]. The van der Waals surface area contributed by atoms with Crippen LogP contribution in [0.25, 0.3) is 0 Å². The summed E-state index contributed by atoms with van der Waals surface area (Å²) in [7, 11) is 0. The first-order valence-electron chi connectivity index (χ1n) is 6.16. The number of hydrogen-bond acceptors (Lipinski definition) is 4. The van der Waals surface area contributed by atoms with Crippen molar-refractivity contribution in [2.75, 3.05) is 5.32 Å². The third-order valence-electron chi connectivity index (χ3n) is 2.70. The second kappa shape index (κ2) is 6.17. The molecule has 104 valence electrons. The molecule has 0 spiro atoms. The first-order valence-corrected chi connectivity index (χ1v) is 6.16. The van der Waals surface area contributed by atoms with Crippen LogP contribution in [0.3, 0.4) is 0 Å².